The van der Waals surface area contributed by atoms with Crippen molar-refractivity contribution in [1.29, 1.82) is 0 Å². The summed E-state index contributed by atoms with van der Waals surface area (Å²) < 4.78 is 38.5. The summed E-state index contributed by atoms with van der Waals surface area (Å²) in [5.41, 5.74) is 6.28. The normalized spacial score (nSPS) is 23.2. The minimum absolute atomic E-state index is 0.174. The van der Waals surface area contributed by atoms with Crippen molar-refractivity contribution in [3.63, 3.8) is 0 Å². The molecule has 0 saturated carbocycles. The largest absolute Gasteiger partial charge is 0.471 e. The highest BCUT2D eigenvalue weighted by atomic mass is 19.4. The number of nitrogens with one attached hydrogen (secondary N) is 1. The maximum atomic E-state index is 12.3. The van der Waals surface area contributed by atoms with Crippen molar-refractivity contribution in [3.05, 3.63) is 6.20 Å². The number of aliphatic hydroxyl groups is 1. The molecule has 2 rings (SSSR count). The van der Waals surface area contributed by atoms with Crippen LogP contribution in [0.4, 0.5) is 24.7 Å². The van der Waals surface area contributed by atoms with Crippen molar-refractivity contribution in [2.45, 2.75) is 31.2 Å². The predicted molar refractivity (Wildman–Crippen MR) is 73.1 cm³/mol. The third-order valence-electron chi connectivity index (χ3n) is 3.68. The Balaban J connectivity index is 2.06. The Kier molecular flexibility index (Phi) is 4.50. The lowest BCUT2D eigenvalue weighted by atomic mass is 10.1. The second-order valence-corrected chi connectivity index (χ2v) is 5.26. The Morgan fingerprint density at radius 2 is 2.09 bits per heavy atom. The average Bonchev–Trinajstić information content (AvgIpc) is 2.64. The number of nitrogen functional groups attached to an aromatic ring is 1. The van der Waals surface area contributed by atoms with Crippen LogP contribution in [0.15, 0.2) is 6.20 Å². The summed E-state index contributed by atoms with van der Waals surface area (Å²) in [6, 6.07) is -0.950. The van der Waals surface area contributed by atoms with E-state index in [1.165, 1.54) is 6.20 Å². The molecule has 0 aromatic carbocycles. The van der Waals surface area contributed by atoms with Crippen molar-refractivity contribution in [3.8, 4) is 0 Å². The van der Waals surface area contributed by atoms with Gasteiger partial charge < -0.3 is 21.1 Å². The molecular formula is C12H18F3N5O2. The van der Waals surface area contributed by atoms with E-state index in [0.717, 1.165) is 0 Å². The van der Waals surface area contributed by atoms with Crippen LogP contribution in [0.25, 0.3) is 0 Å². The van der Waals surface area contributed by atoms with Crippen LogP contribution in [-0.2, 0) is 11.8 Å². The summed E-state index contributed by atoms with van der Waals surface area (Å²) in [6.45, 7) is 0.757. The number of aryl methyl sites for hydroxylation is 1. The number of aromatic nitrogens is 2. The molecule has 22 heavy (non-hydrogen) atoms. The fourth-order valence-electron chi connectivity index (χ4n) is 2.55. The molecule has 0 unspecified atom stereocenters. The maximum absolute atomic E-state index is 12.3. The summed E-state index contributed by atoms with van der Waals surface area (Å²) in [4.78, 5) is 12.9. The van der Waals surface area contributed by atoms with Crippen molar-refractivity contribution < 1.29 is 23.1 Å². The molecule has 4 N–H and O–H groups in total. The van der Waals surface area contributed by atoms with Gasteiger partial charge in [0.15, 0.2) is 0 Å². The van der Waals surface area contributed by atoms with Gasteiger partial charge in [0.2, 0.25) is 0 Å². The lowest BCUT2D eigenvalue weighted by Gasteiger charge is -2.23. The summed E-state index contributed by atoms with van der Waals surface area (Å²) in [7, 11) is 1.70. The van der Waals surface area contributed by atoms with Gasteiger partial charge in [-0.15, -0.1) is 0 Å². The van der Waals surface area contributed by atoms with Crippen LogP contribution >= 0.6 is 0 Å². The van der Waals surface area contributed by atoms with Crippen LogP contribution in [0, 0.1) is 0 Å². The second kappa shape index (κ2) is 6.03. The first-order chi connectivity index (χ1) is 10.2. The Morgan fingerprint density at radius 3 is 2.64 bits per heavy atom. The minimum Gasteiger partial charge on any atom is -0.394 e. The third kappa shape index (κ3) is 3.43. The van der Waals surface area contributed by atoms with Gasteiger partial charge >= 0.3 is 12.1 Å². The Morgan fingerprint density at radius 1 is 1.45 bits per heavy atom. The highest BCUT2D eigenvalue weighted by Crippen LogP contribution is 2.25. The molecule has 1 saturated heterocycles. The van der Waals surface area contributed by atoms with Gasteiger partial charge in [0.1, 0.15) is 5.82 Å². The zero-order valence-corrected chi connectivity index (χ0v) is 12.0. The Bertz CT molecular complexity index is 526. The van der Waals surface area contributed by atoms with E-state index in [0.29, 0.717) is 24.6 Å². The number of hydrogen-bond acceptors (Lipinski definition) is 5. The topological polar surface area (TPSA) is 96.4 Å². The smallest absolute Gasteiger partial charge is 0.394 e. The second-order valence-electron chi connectivity index (χ2n) is 5.26. The molecular weight excluding hydrogens is 303 g/mol. The number of nitrogens with two attached hydrogens (primary N) is 1. The van der Waals surface area contributed by atoms with Gasteiger partial charge in [-0.3, -0.25) is 9.48 Å². The molecule has 0 radical (unpaired) electrons. The van der Waals surface area contributed by atoms with E-state index in [2.05, 4.69) is 5.10 Å². The summed E-state index contributed by atoms with van der Waals surface area (Å²) in [5.74, 6) is -1.39. The van der Waals surface area contributed by atoms with Gasteiger partial charge in [-0.25, -0.2) is 0 Å². The fourth-order valence-corrected chi connectivity index (χ4v) is 2.55. The molecule has 1 amide bonds. The number of anilines is 2. The molecule has 2 heterocycles. The van der Waals surface area contributed by atoms with E-state index in [4.69, 9.17) is 5.73 Å². The lowest BCUT2D eigenvalue weighted by molar-refractivity contribution is -0.175. The first kappa shape index (κ1) is 16.4. The lowest BCUT2D eigenvalue weighted by Crippen LogP contribution is -2.48. The third-order valence-corrected chi connectivity index (χ3v) is 3.68. The SMILES string of the molecule is Cn1ncc(N)c1N1CC[C@H](O)[C@H](NC(=O)C(F)(F)F)CC1. The molecule has 124 valence electrons. The molecule has 1 fully saturated rings. The molecule has 1 aromatic heterocycles. The molecule has 10 heteroatoms. The number of alkyl halides is 3. The number of hydrogen-bond donors (Lipinski definition) is 3. The van der Waals surface area contributed by atoms with E-state index in [1.807, 2.05) is 10.2 Å². The van der Waals surface area contributed by atoms with Crippen LogP contribution in [0.2, 0.25) is 0 Å². The van der Waals surface area contributed by atoms with Crippen LogP contribution in [-0.4, -0.2) is 52.2 Å². The number of halogens is 3. The number of carbonyl (C=O) groups is 1. The van der Waals surface area contributed by atoms with E-state index >= 15 is 0 Å². The van der Waals surface area contributed by atoms with Gasteiger partial charge in [-0.2, -0.15) is 18.3 Å². The zero-order chi connectivity index (χ0) is 16.5. The van der Waals surface area contributed by atoms with Gasteiger partial charge in [-0.05, 0) is 12.8 Å². The van der Waals surface area contributed by atoms with Gasteiger partial charge in [0.05, 0.1) is 24.0 Å². The van der Waals surface area contributed by atoms with E-state index < -0.39 is 24.2 Å². The molecule has 0 bridgehead atoms. The quantitative estimate of drug-likeness (QED) is 0.713. The average molecular weight is 321 g/mol. The van der Waals surface area contributed by atoms with Crippen LogP contribution < -0.4 is 16.0 Å². The molecule has 0 spiro atoms. The number of aliphatic hydroxyl groups excluding tert-OH is 1. The molecule has 2 atom stereocenters. The Hall–Kier alpha value is -1.97. The minimum atomic E-state index is -4.96. The van der Waals surface area contributed by atoms with Crippen molar-refractivity contribution in [2.24, 2.45) is 7.05 Å². The number of rotatable bonds is 2. The zero-order valence-electron chi connectivity index (χ0n) is 12.0. The maximum Gasteiger partial charge on any atom is 0.471 e. The first-order valence-electron chi connectivity index (χ1n) is 6.78. The van der Waals surface area contributed by atoms with Crippen molar-refractivity contribution in [1.82, 2.24) is 15.1 Å². The van der Waals surface area contributed by atoms with Crippen molar-refractivity contribution in [2.75, 3.05) is 23.7 Å². The van der Waals surface area contributed by atoms with Gasteiger partial charge in [-0.1, -0.05) is 0 Å². The van der Waals surface area contributed by atoms with E-state index in [9.17, 15) is 23.1 Å². The Labute approximate surface area is 124 Å². The summed E-state index contributed by atoms with van der Waals surface area (Å²) >= 11 is 0. The van der Waals surface area contributed by atoms with Gasteiger partial charge in [0.25, 0.3) is 0 Å². The summed E-state index contributed by atoms with van der Waals surface area (Å²) in [5, 5.41) is 15.8. The standard InChI is InChI=1S/C12H18F3N5O2/c1-19-10(7(16)6-17-19)20-4-2-8(9(21)3-5-20)18-11(22)12(13,14)15/h6,8-9,21H,2-5,16H2,1H3,(H,18,22)/t8-,9+/m1/s1. The van der Waals surface area contributed by atoms with Crippen LogP contribution in [0.1, 0.15) is 12.8 Å². The molecule has 1 aliphatic heterocycles. The number of nitrogens with zero attached hydrogens (tertiary/aromatic N) is 3. The van der Waals surface area contributed by atoms with E-state index in [1.54, 1.807) is 11.7 Å². The molecule has 0 aliphatic carbocycles. The van der Waals surface area contributed by atoms with Gasteiger partial charge in [0, 0.05) is 20.1 Å². The molecule has 1 aromatic rings. The van der Waals surface area contributed by atoms with Crippen LogP contribution in [0.3, 0.4) is 0 Å². The number of amides is 1. The highest BCUT2D eigenvalue weighted by molar-refractivity contribution is 5.82. The molecule has 7 nitrogen and oxygen atoms in total. The van der Waals surface area contributed by atoms with Crippen LogP contribution in [0.5, 0.6) is 0 Å². The summed E-state index contributed by atoms with van der Waals surface area (Å²) in [6.07, 6.45) is -4.13. The fraction of sp³-hybridized carbons (Fsp3) is 0.667. The monoisotopic (exact) mass is 321 g/mol. The molecule has 1 aliphatic rings. The number of carbonyl (C=O) groups excluding carboxylic acids is 1. The first-order valence-corrected chi connectivity index (χ1v) is 6.78. The predicted octanol–water partition coefficient (Wildman–Crippen LogP) is 0.0105. The van der Waals surface area contributed by atoms with Crippen molar-refractivity contribution >= 4 is 17.4 Å². The van der Waals surface area contributed by atoms with E-state index in [-0.39, 0.29) is 12.8 Å². The highest BCUT2D eigenvalue weighted by Gasteiger charge is 2.41.